The maximum atomic E-state index is 5.82. The predicted molar refractivity (Wildman–Crippen MR) is 64.0 cm³/mol. The highest BCUT2D eigenvalue weighted by Crippen LogP contribution is 2.18. The maximum Gasteiger partial charge on any atom is 0.225 e. The molecular formula is C11H16ClN3O. The highest BCUT2D eigenvalue weighted by molar-refractivity contribution is 6.18. The molecule has 1 aliphatic heterocycles. The lowest BCUT2D eigenvalue weighted by molar-refractivity contribution is 0.0357. The third kappa shape index (κ3) is 2.44. The molecule has 0 amide bonds. The summed E-state index contributed by atoms with van der Waals surface area (Å²) in [6, 6.07) is 2.19. The van der Waals surface area contributed by atoms with Crippen molar-refractivity contribution in [3.63, 3.8) is 0 Å². The molecule has 88 valence electrons. The van der Waals surface area contributed by atoms with Crippen molar-refractivity contribution in [2.75, 3.05) is 23.9 Å². The van der Waals surface area contributed by atoms with Crippen LogP contribution in [0.15, 0.2) is 12.3 Å². The molecule has 1 aromatic heterocycles. The van der Waals surface area contributed by atoms with E-state index in [1.807, 2.05) is 13.0 Å². The summed E-state index contributed by atoms with van der Waals surface area (Å²) >= 11 is 5.82. The van der Waals surface area contributed by atoms with Crippen molar-refractivity contribution in [1.29, 1.82) is 0 Å². The topological polar surface area (TPSA) is 38.2 Å². The van der Waals surface area contributed by atoms with Gasteiger partial charge in [-0.3, -0.25) is 0 Å². The van der Waals surface area contributed by atoms with Crippen LogP contribution < -0.4 is 4.90 Å². The summed E-state index contributed by atoms with van der Waals surface area (Å²) in [7, 11) is 0. The van der Waals surface area contributed by atoms with Crippen LogP contribution in [0.5, 0.6) is 0 Å². The molecule has 0 aliphatic carbocycles. The molecule has 0 spiro atoms. The molecular weight excluding hydrogens is 226 g/mol. The first-order valence-electron chi connectivity index (χ1n) is 5.44. The quantitative estimate of drug-likeness (QED) is 0.738. The SMILES string of the molecule is Cc1ccnc(N2CC(CCl)OCC2C)n1. The molecule has 0 saturated carbocycles. The summed E-state index contributed by atoms with van der Waals surface area (Å²) in [6.07, 6.45) is 1.86. The van der Waals surface area contributed by atoms with Crippen molar-refractivity contribution in [2.45, 2.75) is 26.0 Å². The zero-order chi connectivity index (χ0) is 11.5. The smallest absolute Gasteiger partial charge is 0.225 e. The minimum Gasteiger partial charge on any atom is -0.373 e. The van der Waals surface area contributed by atoms with Gasteiger partial charge in [0.25, 0.3) is 0 Å². The van der Waals surface area contributed by atoms with Gasteiger partial charge in [-0.25, -0.2) is 9.97 Å². The van der Waals surface area contributed by atoms with Crippen molar-refractivity contribution in [3.8, 4) is 0 Å². The Bertz CT molecular complexity index is 361. The number of rotatable bonds is 2. The van der Waals surface area contributed by atoms with Crippen LogP contribution in [-0.4, -0.2) is 41.1 Å². The van der Waals surface area contributed by atoms with Crippen molar-refractivity contribution in [2.24, 2.45) is 0 Å². The van der Waals surface area contributed by atoms with Crippen LogP contribution in [0.25, 0.3) is 0 Å². The van der Waals surface area contributed by atoms with Crippen LogP contribution in [0.3, 0.4) is 0 Å². The third-order valence-electron chi connectivity index (χ3n) is 2.72. The molecule has 1 aliphatic rings. The van der Waals surface area contributed by atoms with E-state index in [-0.39, 0.29) is 6.10 Å². The Labute approximate surface area is 101 Å². The Hall–Kier alpha value is -0.870. The number of alkyl halides is 1. The number of nitrogens with zero attached hydrogens (tertiary/aromatic N) is 3. The lowest BCUT2D eigenvalue weighted by Crippen LogP contribution is -2.49. The number of morpholine rings is 1. The van der Waals surface area contributed by atoms with Gasteiger partial charge in [-0.05, 0) is 19.9 Å². The molecule has 1 fully saturated rings. The third-order valence-corrected chi connectivity index (χ3v) is 3.06. The van der Waals surface area contributed by atoms with Crippen LogP contribution in [0.2, 0.25) is 0 Å². The summed E-state index contributed by atoms with van der Waals surface area (Å²) in [4.78, 5) is 10.9. The zero-order valence-electron chi connectivity index (χ0n) is 9.56. The van der Waals surface area contributed by atoms with E-state index < -0.39 is 0 Å². The molecule has 1 aromatic rings. The van der Waals surface area contributed by atoms with Crippen molar-refractivity contribution in [1.82, 2.24) is 9.97 Å². The summed E-state index contributed by atoms with van der Waals surface area (Å²) < 4.78 is 5.59. The summed E-state index contributed by atoms with van der Waals surface area (Å²) in [6.45, 7) is 5.51. The van der Waals surface area contributed by atoms with Gasteiger partial charge in [-0.1, -0.05) is 0 Å². The van der Waals surface area contributed by atoms with Gasteiger partial charge < -0.3 is 9.64 Å². The van der Waals surface area contributed by atoms with E-state index in [9.17, 15) is 0 Å². The Balaban J connectivity index is 2.17. The summed E-state index contributed by atoms with van der Waals surface area (Å²) in [5, 5.41) is 0. The number of ether oxygens (including phenoxy) is 1. The minimum atomic E-state index is 0.0713. The van der Waals surface area contributed by atoms with Crippen LogP contribution in [0.4, 0.5) is 5.95 Å². The second-order valence-corrected chi connectivity index (χ2v) is 4.42. The molecule has 4 nitrogen and oxygen atoms in total. The molecule has 0 N–H and O–H groups in total. The van der Waals surface area contributed by atoms with E-state index in [1.165, 1.54) is 0 Å². The Kier molecular flexibility index (Phi) is 3.61. The second-order valence-electron chi connectivity index (χ2n) is 4.11. The average Bonchev–Trinajstić information content (AvgIpc) is 2.30. The molecule has 0 bridgehead atoms. The minimum absolute atomic E-state index is 0.0713. The van der Waals surface area contributed by atoms with Crippen LogP contribution in [-0.2, 0) is 4.74 Å². The number of anilines is 1. The Morgan fingerprint density at radius 2 is 2.44 bits per heavy atom. The first-order valence-corrected chi connectivity index (χ1v) is 5.98. The lowest BCUT2D eigenvalue weighted by atomic mass is 10.2. The Morgan fingerprint density at radius 1 is 1.62 bits per heavy atom. The highest BCUT2D eigenvalue weighted by atomic mass is 35.5. The summed E-state index contributed by atoms with van der Waals surface area (Å²) in [5.74, 6) is 1.28. The Morgan fingerprint density at radius 3 is 3.12 bits per heavy atom. The van der Waals surface area contributed by atoms with Crippen LogP contribution in [0.1, 0.15) is 12.6 Å². The second kappa shape index (κ2) is 4.97. The fourth-order valence-electron chi connectivity index (χ4n) is 1.76. The fourth-order valence-corrected chi connectivity index (χ4v) is 1.95. The average molecular weight is 242 g/mol. The van der Waals surface area contributed by atoms with Gasteiger partial charge in [0.2, 0.25) is 5.95 Å². The van der Waals surface area contributed by atoms with Crippen molar-refractivity contribution < 1.29 is 4.74 Å². The number of hydrogen-bond donors (Lipinski definition) is 0. The standard InChI is InChI=1S/C11H16ClN3O/c1-8-3-4-13-11(14-8)15-6-10(5-12)16-7-9(15)2/h3-4,9-10H,5-7H2,1-2H3. The van der Waals surface area contributed by atoms with Crippen LogP contribution in [0, 0.1) is 6.92 Å². The molecule has 2 heterocycles. The van der Waals surface area contributed by atoms with Gasteiger partial charge >= 0.3 is 0 Å². The molecule has 0 radical (unpaired) electrons. The van der Waals surface area contributed by atoms with E-state index in [4.69, 9.17) is 16.3 Å². The molecule has 2 atom stereocenters. The van der Waals surface area contributed by atoms with E-state index in [0.717, 1.165) is 18.2 Å². The van der Waals surface area contributed by atoms with Crippen molar-refractivity contribution >= 4 is 17.5 Å². The molecule has 1 saturated heterocycles. The fraction of sp³-hybridized carbons (Fsp3) is 0.636. The van der Waals surface area contributed by atoms with Gasteiger partial charge in [-0.15, -0.1) is 11.6 Å². The largest absolute Gasteiger partial charge is 0.373 e. The highest BCUT2D eigenvalue weighted by Gasteiger charge is 2.27. The van der Waals surface area contributed by atoms with Crippen molar-refractivity contribution in [3.05, 3.63) is 18.0 Å². The van der Waals surface area contributed by atoms with Gasteiger partial charge in [0.15, 0.2) is 0 Å². The predicted octanol–water partition coefficient (Wildman–Crippen LogP) is 1.62. The van der Waals surface area contributed by atoms with E-state index >= 15 is 0 Å². The molecule has 5 heteroatoms. The monoisotopic (exact) mass is 241 g/mol. The van der Waals surface area contributed by atoms with E-state index in [1.54, 1.807) is 6.20 Å². The molecule has 2 rings (SSSR count). The van der Waals surface area contributed by atoms with Gasteiger partial charge in [0.1, 0.15) is 0 Å². The van der Waals surface area contributed by atoms with Crippen LogP contribution >= 0.6 is 11.6 Å². The first kappa shape index (κ1) is 11.6. The molecule has 2 unspecified atom stereocenters. The van der Waals surface area contributed by atoms with Gasteiger partial charge in [-0.2, -0.15) is 0 Å². The maximum absolute atomic E-state index is 5.82. The lowest BCUT2D eigenvalue weighted by Gasteiger charge is -2.37. The normalized spacial score (nSPS) is 25.8. The zero-order valence-corrected chi connectivity index (χ0v) is 10.3. The molecule has 16 heavy (non-hydrogen) atoms. The number of hydrogen-bond acceptors (Lipinski definition) is 4. The first-order chi connectivity index (χ1) is 7.70. The van der Waals surface area contributed by atoms with E-state index in [2.05, 4.69) is 21.8 Å². The van der Waals surface area contributed by atoms with Gasteiger partial charge in [0, 0.05) is 18.4 Å². The number of aryl methyl sites for hydroxylation is 1. The number of aromatic nitrogens is 2. The van der Waals surface area contributed by atoms with Gasteiger partial charge in [0.05, 0.1) is 24.6 Å². The molecule has 0 aromatic carbocycles. The van der Waals surface area contributed by atoms with E-state index in [0.29, 0.717) is 18.5 Å². The number of halogens is 1. The summed E-state index contributed by atoms with van der Waals surface area (Å²) in [5.41, 5.74) is 0.978.